The minimum Gasteiger partial charge on any atom is -0.469 e. The molecule has 0 unspecified atom stereocenters. The predicted molar refractivity (Wildman–Crippen MR) is 125 cm³/mol. The number of fused-ring (bicyclic) bond motifs is 3. The SMILES string of the molecule is CC(C)(C)c1ccc([C@@H]2Oc3ccc(Br)cc3[C@@H]3C=C(c4ccccc4)NN32)cc1. The van der Waals surface area contributed by atoms with E-state index < -0.39 is 0 Å². The number of nitrogens with zero attached hydrogens (tertiary/aromatic N) is 1. The van der Waals surface area contributed by atoms with E-state index in [2.05, 4.69) is 114 Å². The Labute approximate surface area is 186 Å². The zero-order chi connectivity index (χ0) is 20.9. The molecule has 0 saturated heterocycles. The fourth-order valence-corrected chi connectivity index (χ4v) is 4.50. The standard InChI is InChI=1S/C26H25BrN2O/c1-26(2,3)19-11-9-18(10-12-19)25-29-23(21-15-20(27)13-14-24(21)30-25)16-22(28-29)17-7-5-4-6-8-17/h4-16,23,25,28H,1-3H3/t23-,25-/m0/s1. The third kappa shape index (κ3) is 3.44. The summed E-state index contributed by atoms with van der Waals surface area (Å²) >= 11 is 3.62. The number of rotatable bonds is 2. The third-order valence-electron chi connectivity index (χ3n) is 5.80. The highest BCUT2D eigenvalue weighted by Gasteiger charge is 2.40. The van der Waals surface area contributed by atoms with Gasteiger partial charge in [-0.3, -0.25) is 0 Å². The Morgan fingerprint density at radius 3 is 2.37 bits per heavy atom. The second-order valence-electron chi connectivity index (χ2n) is 8.93. The first-order valence-corrected chi connectivity index (χ1v) is 11.1. The molecule has 2 heterocycles. The number of hydrazine groups is 1. The van der Waals surface area contributed by atoms with Crippen molar-refractivity contribution in [2.45, 2.75) is 38.5 Å². The second kappa shape index (κ2) is 7.29. The molecular formula is C26H25BrN2O. The molecule has 0 bridgehead atoms. The van der Waals surface area contributed by atoms with Crippen LogP contribution in [0.15, 0.2) is 83.3 Å². The number of hydrogen-bond acceptors (Lipinski definition) is 3. The zero-order valence-corrected chi connectivity index (χ0v) is 19.0. The number of benzene rings is 3. The van der Waals surface area contributed by atoms with Crippen LogP contribution in [-0.2, 0) is 5.41 Å². The second-order valence-corrected chi connectivity index (χ2v) is 9.85. The van der Waals surface area contributed by atoms with E-state index in [1.54, 1.807) is 0 Å². The van der Waals surface area contributed by atoms with Gasteiger partial charge in [0.15, 0.2) is 6.23 Å². The van der Waals surface area contributed by atoms with Crippen molar-refractivity contribution < 1.29 is 4.74 Å². The van der Waals surface area contributed by atoms with E-state index in [9.17, 15) is 0 Å². The van der Waals surface area contributed by atoms with E-state index in [0.29, 0.717) is 0 Å². The van der Waals surface area contributed by atoms with Crippen LogP contribution < -0.4 is 10.2 Å². The van der Waals surface area contributed by atoms with Crippen molar-refractivity contribution in [1.29, 1.82) is 0 Å². The molecule has 152 valence electrons. The Bertz CT molecular complexity index is 1100. The molecule has 5 rings (SSSR count). The summed E-state index contributed by atoms with van der Waals surface area (Å²) in [4.78, 5) is 0. The Morgan fingerprint density at radius 2 is 1.67 bits per heavy atom. The fraction of sp³-hybridized carbons (Fsp3) is 0.231. The summed E-state index contributed by atoms with van der Waals surface area (Å²) < 4.78 is 7.56. The largest absolute Gasteiger partial charge is 0.469 e. The molecule has 0 amide bonds. The molecule has 0 saturated carbocycles. The molecule has 2 atom stereocenters. The van der Waals surface area contributed by atoms with Gasteiger partial charge < -0.3 is 10.2 Å². The van der Waals surface area contributed by atoms with Crippen LogP contribution in [0.2, 0.25) is 0 Å². The molecule has 0 fully saturated rings. The van der Waals surface area contributed by atoms with E-state index in [0.717, 1.165) is 27.0 Å². The van der Waals surface area contributed by atoms with Crippen molar-refractivity contribution in [3.63, 3.8) is 0 Å². The first kappa shape index (κ1) is 19.4. The van der Waals surface area contributed by atoms with E-state index in [-0.39, 0.29) is 17.7 Å². The number of halogens is 1. The highest BCUT2D eigenvalue weighted by Crippen LogP contribution is 2.46. The molecule has 3 aromatic carbocycles. The van der Waals surface area contributed by atoms with Gasteiger partial charge in [-0.25, -0.2) is 0 Å². The molecule has 0 aliphatic carbocycles. The molecule has 2 aliphatic rings. The highest BCUT2D eigenvalue weighted by atomic mass is 79.9. The molecule has 0 aromatic heterocycles. The maximum absolute atomic E-state index is 6.51. The Kier molecular flexibility index (Phi) is 4.72. The number of nitrogens with one attached hydrogen (secondary N) is 1. The van der Waals surface area contributed by atoms with Gasteiger partial charge in [0, 0.05) is 15.6 Å². The molecule has 30 heavy (non-hydrogen) atoms. The summed E-state index contributed by atoms with van der Waals surface area (Å²) in [5.74, 6) is 0.928. The smallest absolute Gasteiger partial charge is 0.195 e. The van der Waals surface area contributed by atoms with Crippen molar-refractivity contribution in [2.75, 3.05) is 0 Å². The topological polar surface area (TPSA) is 24.5 Å². The Hall–Kier alpha value is -2.56. The maximum Gasteiger partial charge on any atom is 0.195 e. The summed E-state index contributed by atoms with van der Waals surface area (Å²) in [6.07, 6.45) is 2.08. The molecule has 3 nitrogen and oxygen atoms in total. The number of ether oxygens (including phenoxy) is 1. The van der Waals surface area contributed by atoms with E-state index in [1.165, 1.54) is 11.1 Å². The molecule has 0 spiro atoms. The lowest BCUT2D eigenvalue weighted by Crippen LogP contribution is -2.43. The van der Waals surface area contributed by atoms with Crippen LogP contribution in [0, 0.1) is 0 Å². The Balaban J connectivity index is 1.56. The van der Waals surface area contributed by atoms with Crippen LogP contribution in [0.25, 0.3) is 5.70 Å². The molecule has 4 heteroatoms. The summed E-state index contributed by atoms with van der Waals surface area (Å²) in [5, 5.41) is 2.21. The van der Waals surface area contributed by atoms with Gasteiger partial charge in [0.05, 0.1) is 11.7 Å². The minimum atomic E-state index is -0.213. The minimum absolute atomic E-state index is 0.0914. The zero-order valence-electron chi connectivity index (χ0n) is 17.4. The lowest BCUT2D eigenvalue weighted by atomic mass is 9.86. The average Bonchev–Trinajstić information content (AvgIpc) is 3.19. The average molecular weight is 461 g/mol. The van der Waals surface area contributed by atoms with Crippen LogP contribution in [0.5, 0.6) is 5.75 Å². The fourth-order valence-electron chi connectivity index (χ4n) is 4.12. The van der Waals surface area contributed by atoms with Gasteiger partial charge in [0.1, 0.15) is 5.75 Å². The molecule has 0 radical (unpaired) electrons. The molecular weight excluding hydrogens is 436 g/mol. The van der Waals surface area contributed by atoms with Crippen LogP contribution in [0.4, 0.5) is 0 Å². The lowest BCUT2D eigenvalue weighted by Gasteiger charge is -2.39. The van der Waals surface area contributed by atoms with Gasteiger partial charge in [-0.1, -0.05) is 91.3 Å². The van der Waals surface area contributed by atoms with Crippen LogP contribution in [0.3, 0.4) is 0 Å². The lowest BCUT2D eigenvalue weighted by molar-refractivity contribution is -0.0327. The van der Waals surface area contributed by atoms with Crippen LogP contribution in [-0.4, -0.2) is 5.01 Å². The monoisotopic (exact) mass is 460 g/mol. The van der Waals surface area contributed by atoms with Gasteiger partial charge in [-0.05, 0) is 40.8 Å². The van der Waals surface area contributed by atoms with E-state index in [1.807, 2.05) is 12.1 Å². The first-order chi connectivity index (χ1) is 14.4. The van der Waals surface area contributed by atoms with Crippen molar-refractivity contribution in [2.24, 2.45) is 0 Å². The number of hydrogen-bond donors (Lipinski definition) is 1. The summed E-state index contributed by atoms with van der Waals surface area (Å²) in [6.45, 7) is 6.71. The molecule has 1 N–H and O–H groups in total. The van der Waals surface area contributed by atoms with E-state index in [4.69, 9.17) is 4.74 Å². The van der Waals surface area contributed by atoms with Crippen molar-refractivity contribution in [3.8, 4) is 5.75 Å². The van der Waals surface area contributed by atoms with E-state index >= 15 is 0 Å². The predicted octanol–water partition coefficient (Wildman–Crippen LogP) is 6.74. The van der Waals surface area contributed by atoms with Gasteiger partial charge in [0.2, 0.25) is 0 Å². The third-order valence-corrected chi connectivity index (χ3v) is 6.30. The van der Waals surface area contributed by atoms with Gasteiger partial charge in [-0.2, -0.15) is 5.01 Å². The molecule has 3 aromatic rings. The van der Waals surface area contributed by atoms with Gasteiger partial charge in [-0.15, -0.1) is 0 Å². The normalized spacial score (nSPS) is 20.6. The van der Waals surface area contributed by atoms with Crippen molar-refractivity contribution >= 4 is 21.6 Å². The molecule has 2 aliphatic heterocycles. The highest BCUT2D eigenvalue weighted by molar-refractivity contribution is 9.10. The summed E-state index contributed by atoms with van der Waals surface area (Å²) in [5.41, 5.74) is 9.63. The summed E-state index contributed by atoms with van der Waals surface area (Å²) in [7, 11) is 0. The quantitative estimate of drug-likeness (QED) is 0.458. The first-order valence-electron chi connectivity index (χ1n) is 10.3. The van der Waals surface area contributed by atoms with Crippen molar-refractivity contribution in [3.05, 3.63) is 106 Å². The van der Waals surface area contributed by atoms with Gasteiger partial charge in [0.25, 0.3) is 0 Å². The summed E-state index contributed by atoms with van der Waals surface area (Å²) in [6, 6.07) is 25.6. The van der Waals surface area contributed by atoms with Crippen molar-refractivity contribution in [1.82, 2.24) is 10.4 Å². The Morgan fingerprint density at radius 1 is 0.933 bits per heavy atom. The van der Waals surface area contributed by atoms with Crippen LogP contribution in [0.1, 0.15) is 55.3 Å². The van der Waals surface area contributed by atoms with Crippen LogP contribution >= 0.6 is 15.9 Å². The van der Waals surface area contributed by atoms with Gasteiger partial charge >= 0.3 is 0 Å². The maximum atomic E-state index is 6.51.